The third kappa shape index (κ3) is 44.7. The van der Waals surface area contributed by atoms with Crippen LogP contribution in [0, 0.1) is 0 Å². The molecule has 0 unspecified atom stereocenters. The van der Waals surface area contributed by atoms with Crippen LogP contribution in [0.25, 0.3) is 0 Å². The van der Waals surface area contributed by atoms with Gasteiger partial charge < -0.3 is 39.6 Å². The normalized spacial score (nSPS) is 10.6. The van der Waals surface area contributed by atoms with Gasteiger partial charge in [-0.15, -0.1) is 0 Å². The summed E-state index contributed by atoms with van der Waals surface area (Å²) in [6, 6.07) is 28.8. The molecule has 8 nitrogen and oxygen atoms in total. The van der Waals surface area contributed by atoms with E-state index in [0.717, 1.165) is 73.6 Å². The van der Waals surface area contributed by atoms with Crippen molar-refractivity contribution in [1.29, 1.82) is 0 Å². The summed E-state index contributed by atoms with van der Waals surface area (Å²) in [6.07, 6.45) is 55.4. The molecule has 0 bridgehead atoms. The molecule has 9 heteroatoms. The van der Waals surface area contributed by atoms with Crippen molar-refractivity contribution in [3.63, 3.8) is 0 Å². The maximum absolute atomic E-state index is 11.0. The molecule has 0 aliphatic carbocycles. The van der Waals surface area contributed by atoms with E-state index >= 15 is 0 Å². The summed E-state index contributed by atoms with van der Waals surface area (Å²) in [5, 5.41) is 44.0. The molecular formula is C76H116O8Pb-4. The summed E-state index contributed by atoms with van der Waals surface area (Å²) in [6.45, 7) is 8.99. The molecule has 0 aliphatic heterocycles. The summed E-state index contributed by atoms with van der Waals surface area (Å²) >= 11 is 0. The van der Waals surface area contributed by atoms with Crippen LogP contribution in [0.4, 0.5) is 0 Å². The number of rotatable bonds is 48. The third-order valence-corrected chi connectivity index (χ3v) is 16.1. The van der Waals surface area contributed by atoms with Gasteiger partial charge in [0.1, 0.15) is 0 Å². The predicted octanol–water partition coefficient (Wildman–Crippen LogP) is 17.7. The van der Waals surface area contributed by atoms with E-state index in [1.165, 1.54) is 231 Å². The fourth-order valence-electron chi connectivity index (χ4n) is 11.0. The zero-order valence-electron chi connectivity index (χ0n) is 54.1. The van der Waals surface area contributed by atoms with Crippen LogP contribution in [0.3, 0.4) is 0 Å². The Morgan fingerprint density at radius 2 is 0.353 bits per heavy atom. The first-order chi connectivity index (χ1) is 41.0. The summed E-state index contributed by atoms with van der Waals surface area (Å²) in [7, 11) is 0. The fourth-order valence-corrected chi connectivity index (χ4v) is 11.0. The average molecular weight is 1360 g/mol. The van der Waals surface area contributed by atoms with Gasteiger partial charge in [0.05, 0.1) is 23.9 Å². The molecule has 4 rings (SSSR count). The monoisotopic (exact) mass is 1360 g/mol. The molecule has 0 heterocycles. The number of carbonyl (C=O) groups excluding carboxylic acids is 4. The Bertz CT molecular complexity index is 1910. The van der Waals surface area contributed by atoms with Crippen molar-refractivity contribution in [1.82, 2.24) is 0 Å². The van der Waals surface area contributed by atoms with Crippen LogP contribution in [0.2, 0.25) is 0 Å². The van der Waals surface area contributed by atoms with Gasteiger partial charge in [0.15, 0.2) is 0 Å². The predicted molar refractivity (Wildman–Crippen MR) is 351 cm³/mol. The maximum Gasteiger partial charge on any atom is 0.0718 e. The molecule has 0 spiro atoms. The van der Waals surface area contributed by atoms with E-state index in [1.54, 1.807) is 48.5 Å². The molecule has 0 saturated heterocycles. The zero-order chi connectivity index (χ0) is 61.4. The van der Waals surface area contributed by atoms with Crippen molar-refractivity contribution in [3.05, 3.63) is 142 Å². The Kier molecular flexibility index (Phi) is 55.7. The second kappa shape index (κ2) is 58.7. The van der Waals surface area contributed by atoms with E-state index in [0.29, 0.717) is 22.3 Å². The molecule has 0 atom stereocenters. The molecule has 0 aromatic heterocycles. The second-order valence-corrected chi connectivity index (χ2v) is 23.5. The van der Waals surface area contributed by atoms with E-state index in [-0.39, 0.29) is 27.3 Å². The van der Waals surface area contributed by atoms with Crippen molar-refractivity contribution in [2.75, 3.05) is 0 Å². The van der Waals surface area contributed by atoms with E-state index in [4.69, 9.17) is 0 Å². The average Bonchev–Trinajstić information content (AvgIpc) is 3.55. The van der Waals surface area contributed by atoms with E-state index in [9.17, 15) is 39.6 Å². The Morgan fingerprint density at radius 1 is 0.224 bits per heavy atom. The Hall–Kier alpha value is -4.32. The van der Waals surface area contributed by atoms with Gasteiger partial charge in [0.25, 0.3) is 0 Å². The Labute approximate surface area is 539 Å². The van der Waals surface area contributed by atoms with Gasteiger partial charge in [-0.3, -0.25) is 0 Å². The largest absolute Gasteiger partial charge is 0.545 e. The molecule has 4 aromatic rings. The minimum Gasteiger partial charge on any atom is -0.545 e. The number of carboxylic acid groups (broad SMARTS) is 4. The first-order valence-corrected chi connectivity index (χ1v) is 34.2. The summed E-state index contributed by atoms with van der Waals surface area (Å²) in [5.74, 6) is -4.23. The van der Waals surface area contributed by atoms with Gasteiger partial charge in [-0.25, -0.2) is 0 Å². The van der Waals surface area contributed by atoms with Crippen molar-refractivity contribution in [3.8, 4) is 0 Å². The number of hydrogen-bond acceptors (Lipinski definition) is 8. The molecule has 0 fully saturated rings. The third-order valence-electron chi connectivity index (χ3n) is 16.1. The molecule has 476 valence electrons. The second-order valence-electron chi connectivity index (χ2n) is 23.5. The van der Waals surface area contributed by atoms with Crippen LogP contribution >= 0.6 is 0 Å². The SMILES string of the molecule is CCCCCCCCCCCCc1ccccc1C(=O)[O-].CCCCCCCCCCCCc1ccccc1C(=O)[O-].CCCCCCCCCCCCc1ccccc1C(=O)[O-].CCCCCCCCCCCCc1ccccc1C(=O)[O-].[Pb]. The smallest absolute Gasteiger partial charge is 0.0718 e. The van der Waals surface area contributed by atoms with Gasteiger partial charge >= 0.3 is 0 Å². The molecule has 0 aliphatic rings. The Balaban J connectivity index is 0.00000110. The summed E-state index contributed by atoms with van der Waals surface area (Å²) in [4.78, 5) is 44.0. The first-order valence-electron chi connectivity index (χ1n) is 34.2. The molecule has 0 amide bonds. The number of aryl methyl sites for hydroxylation is 4. The number of carboxylic acids is 4. The van der Waals surface area contributed by atoms with Crippen LogP contribution in [-0.4, -0.2) is 51.2 Å². The number of hydrogen-bond donors (Lipinski definition) is 0. The van der Waals surface area contributed by atoms with Crippen molar-refractivity contribution < 1.29 is 39.6 Å². The minimum absolute atomic E-state index is 0. The Morgan fingerprint density at radius 3 is 0.494 bits per heavy atom. The fraction of sp³-hybridized carbons (Fsp3) is 0.632. The van der Waals surface area contributed by atoms with Gasteiger partial charge in [-0.1, -0.05) is 356 Å². The van der Waals surface area contributed by atoms with Crippen molar-refractivity contribution >= 4 is 51.2 Å². The summed E-state index contributed by atoms with van der Waals surface area (Å²) < 4.78 is 0. The van der Waals surface area contributed by atoms with Gasteiger partial charge in [-0.2, -0.15) is 0 Å². The van der Waals surface area contributed by atoms with Gasteiger partial charge in [0, 0.05) is 49.6 Å². The van der Waals surface area contributed by atoms with E-state index < -0.39 is 23.9 Å². The number of carbonyl (C=O) groups is 4. The molecule has 4 aromatic carbocycles. The maximum atomic E-state index is 11.0. The van der Waals surface area contributed by atoms with Crippen LogP contribution in [-0.2, 0) is 25.7 Å². The molecule has 0 saturated carbocycles. The standard InChI is InChI=1S/4C19H30O2.Pb/c4*1-2-3-4-5-6-7-8-9-10-11-14-17-15-12-13-16-18(17)19(20)21;/h4*12-13,15-16H,2-11,14H2,1H3,(H,20,21);/p-4. The topological polar surface area (TPSA) is 161 Å². The van der Waals surface area contributed by atoms with Crippen molar-refractivity contribution in [2.45, 2.75) is 310 Å². The van der Waals surface area contributed by atoms with Gasteiger partial charge in [0.2, 0.25) is 0 Å². The molecule has 4 radical (unpaired) electrons. The van der Waals surface area contributed by atoms with Crippen LogP contribution in [0.5, 0.6) is 0 Å². The van der Waals surface area contributed by atoms with Crippen molar-refractivity contribution in [2.24, 2.45) is 0 Å². The number of unbranched alkanes of at least 4 members (excludes halogenated alkanes) is 36. The molecular weight excluding hydrogens is 1250 g/mol. The van der Waals surface area contributed by atoms with Crippen LogP contribution in [0.15, 0.2) is 97.1 Å². The number of benzene rings is 4. The van der Waals surface area contributed by atoms with Crippen LogP contribution in [0.1, 0.15) is 348 Å². The molecule has 0 N–H and O–H groups in total. The quantitative estimate of drug-likeness (QED) is 0.0312. The first kappa shape index (κ1) is 80.7. The van der Waals surface area contributed by atoms with Crippen LogP contribution < -0.4 is 20.4 Å². The van der Waals surface area contributed by atoms with Gasteiger partial charge in [-0.05, 0) is 73.6 Å². The molecule has 85 heavy (non-hydrogen) atoms. The van der Waals surface area contributed by atoms with E-state index in [2.05, 4.69) is 27.7 Å². The summed E-state index contributed by atoms with van der Waals surface area (Å²) in [5.41, 5.74) is 5.08. The zero-order valence-corrected chi connectivity index (χ0v) is 58.0. The minimum atomic E-state index is -1.06. The number of aromatic carboxylic acids is 4. The van der Waals surface area contributed by atoms with E-state index in [1.807, 2.05) is 48.5 Å².